The summed E-state index contributed by atoms with van der Waals surface area (Å²) in [5.41, 5.74) is 0.177. The molecule has 2 aromatic rings. The van der Waals surface area contributed by atoms with Crippen molar-refractivity contribution < 1.29 is 14.7 Å². The van der Waals surface area contributed by atoms with Gasteiger partial charge < -0.3 is 10.4 Å². The fraction of sp³-hybridized carbons (Fsp3) is 0.333. The molecule has 128 valence electrons. The average molecular weight is 367 g/mol. The number of amides is 1. The second-order valence-electron chi connectivity index (χ2n) is 4.93. The van der Waals surface area contributed by atoms with E-state index < -0.39 is 23.5 Å². The van der Waals surface area contributed by atoms with E-state index in [1.807, 2.05) is 23.8 Å². The standard InChI is InChI=1S/C15H17N3O4S2/c1-23-8-6-11(15(21)22)16-13(19)9-18-14(20)5-4-10(17-18)12-3-2-7-24-12/h2-5,7,11H,6,8-9H2,1H3,(H,16,19)(H,21,22)/t11-/m0/s1. The summed E-state index contributed by atoms with van der Waals surface area (Å²) in [4.78, 5) is 36.0. The summed E-state index contributed by atoms with van der Waals surface area (Å²) in [6.45, 7) is -0.318. The lowest BCUT2D eigenvalue weighted by atomic mass is 10.2. The molecular formula is C15H17N3O4S2. The van der Waals surface area contributed by atoms with Gasteiger partial charge in [-0.25, -0.2) is 9.48 Å². The lowest BCUT2D eigenvalue weighted by Crippen LogP contribution is -2.44. The SMILES string of the molecule is CSCC[C@H](NC(=O)Cn1nc(-c2cccs2)ccc1=O)C(=O)O. The van der Waals surface area contributed by atoms with Gasteiger partial charge in [-0.15, -0.1) is 11.3 Å². The molecule has 2 N–H and O–H groups in total. The van der Waals surface area contributed by atoms with Crippen LogP contribution in [0.1, 0.15) is 6.42 Å². The van der Waals surface area contributed by atoms with Gasteiger partial charge in [0.05, 0.1) is 4.88 Å². The Bertz CT molecular complexity index is 758. The number of aliphatic carboxylic acids is 1. The van der Waals surface area contributed by atoms with Gasteiger partial charge in [0.2, 0.25) is 5.91 Å². The van der Waals surface area contributed by atoms with Crippen LogP contribution in [-0.4, -0.2) is 44.8 Å². The first-order valence-corrected chi connectivity index (χ1v) is 9.41. The third-order valence-corrected chi connectivity index (χ3v) is 4.71. The van der Waals surface area contributed by atoms with Crippen LogP contribution in [0.2, 0.25) is 0 Å². The Morgan fingerprint density at radius 3 is 2.83 bits per heavy atom. The van der Waals surface area contributed by atoms with Crippen molar-refractivity contribution >= 4 is 35.0 Å². The Labute approximate surface area is 146 Å². The highest BCUT2D eigenvalue weighted by atomic mass is 32.2. The van der Waals surface area contributed by atoms with Gasteiger partial charge in [0.1, 0.15) is 18.3 Å². The van der Waals surface area contributed by atoms with Crippen molar-refractivity contribution in [3.63, 3.8) is 0 Å². The number of rotatable bonds is 8. The number of carboxylic acid groups (broad SMARTS) is 1. The van der Waals surface area contributed by atoms with Crippen LogP contribution in [0.5, 0.6) is 0 Å². The van der Waals surface area contributed by atoms with E-state index in [2.05, 4.69) is 10.4 Å². The molecule has 1 atom stereocenters. The lowest BCUT2D eigenvalue weighted by molar-refractivity contribution is -0.142. The van der Waals surface area contributed by atoms with Crippen LogP contribution in [0.3, 0.4) is 0 Å². The van der Waals surface area contributed by atoms with Crippen LogP contribution >= 0.6 is 23.1 Å². The fourth-order valence-corrected chi connectivity index (χ4v) is 3.15. The zero-order valence-electron chi connectivity index (χ0n) is 13.0. The molecule has 0 aliphatic carbocycles. The van der Waals surface area contributed by atoms with E-state index in [4.69, 9.17) is 5.11 Å². The Kier molecular flexibility index (Phi) is 6.56. The van der Waals surface area contributed by atoms with Crippen molar-refractivity contribution in [1.29, 1.82) is 0 Å². The first-order valence-electron chi connectivity index (χ1n) is 7.14. The molecule has 0 bridgehead atoms. The summed E-state index contributed by atoms with van der Waals surface area (Å²) in [6.07, 6.45) is 2.18. The normalized spacial score (nSPS) is 11.9. The molecule has 0 aromatic carbocycles. The van der Waals surface area contributed by atoms with Crippen molar-refractivity contribution in [2.75, 3.05) is 12.0 Å². The highest BCUT2D eigenvalue weighted by Gasteiger charge is 2.20. The largest absolute Gasteiger partial charge is 0.480 e. The third kappa shape index (κ3) is 4.93. The van der Waals surface area contributed by atoms with Gasteiger partial charge in [0.25, 0.3) is 5.56 Å². The fourth-order valence-electron chi connectivity index (χ4n) is 1.99. The number of carboxylic acids is 1. The molecule has 0 unspecified atom stereocenters. The Morgan fingerprint density at radius 2 is 2.21 bits per heavy atom. The van der Waals surface area contributed by atoms with E-state index in [0.717, 1.165) is 9.56 Å². The predicted octanol–water partition coefficient (Wildman–Crippen LogP) is 1.29. The molecule has 0 spiro atoms. The molecule has 0 fully saturated rings. The first kappa shape index (κ1) is 18.2. The number of hydrogen-bond acceptors (Lipinski definition) is 6. The van der Waals surface area contributed by atoms with Crippen molar-refractivity contribution in [3.05, 3.63) is 40.0 Å². The van der Waals surface area contributed by atoms with E-state index in [-0.39, 0.29) is 6.54 Å². The molecule has 0 aliphatic heterocycles. The average Bonchev–Trinajstić information content (AvgIpc) is 3.07. The van der Waals surface area contributed by atoms with Gasteiger partial charge in [-0.1, -0.05) is 6.07 Å². The second kappa shape index (κ2) is 8.65. The van der Waals surface area contributed by atoms with E-state index in [1.54, 1.807) is 6.07 Å². The number of carbonyl (C=O) groups excluding carboxylic acids is 1. The third-order valence-electron chi connectivity index (χ3n) is 3.18. The maximum absolute atomic E-state index is 12.1. The Balaban J connectivity index is 2.09. The van der Waals surface area contributed by atoms with Crippen LogP contribution in [-0.2, 0) is 16.1 Å². The number of carbonyl (C=O) groups is 2. The number of aromatic nitrogens is 2. The minimum Gasteiger partial charge on any atom is -0.480 e. The van der Waals surface area contributed by atoms with Gasteiger partial charge in [0.15, 0.2) is 0 Å². The van der Waals surface area contributed by atoms with Gasteiger partial charge in [-0.2, -0.15) is 16.9 Å². The molecule has 0 radical (unpaired) electrons. The maximum Gasteiger partial charge on any atom is 0.326 e. The molecular weight excluding hydrogens is 350 g/mol. The molecule has 24 heavy (non-hydrogen) atoms. The summed E-state index contributed by atoms with van der Waals surface area (Å²) in [5, 5.41) is 17.6. The van der Waals surface area contributed by atoms with E-state index in [0.29, 0.717) is 17.9 Å². The van der Waals surface area contributed by atoms with E-state index in [1.165, 1.54) is 29.2 Å². The monoisotopic (exact) mass is 367 g/mol. The molecule has 9 heteroatoms. The summed E-state index contributed by atoms with van der Waals surface area (Å²) in [7, 11) is 0. The van der Waals surface area contributed by atoms with Crippen molar-refractivity contribution in [2.24, 2.45) is 0 Å². The van der Waals surface area contributed by atoms with Crippen LogP contribution in [0, 0.1) is 0 Å². The van der Waals surface area contributed by atoms with Crippen LogP contribution in [0.25, 0.3) is 10.6 Å². The molecule has 2 rings (SSSR count). The number of nitrogens with zero attached hydrogens (tertiary/aromatic N) is 2. The second-order valence-corrected chi connectivity index (χ2v) is 6.86. The zero-order chi connectivity index (χ0) is 17.5. The smallest absolute Gasteiger partial charge is 0.326 e. The minimum atomic E-state index is -1.09. The number of thiophene rings is 1. The molecule has 2 aromatic heterocycles. The highest BCUT2D eigenvalue weighted by Crippen LogP contribution is 2.20. The highest BCUT2D eigenvalue weighted by molar-refractivity contribution is 7.98. The van der Waals surface area contributed by atoms with Crippen LogP contribution < -0.4 is 10.9 Å². The van der Waals surface area contributed by atoms with Gasteiger partial charge in [-0.3, -0.25) is 9.59 Å². The number of hydrogen-bond donors (Lipinski definition) is 2. The molecule has 7 nitrogen and oxygen atoms in total. The summed E-state index contributed by atoms with van der Waals surface area (Å²) in [6, 6.07) is 5.71. The predicted molar refractivity (Wildman–Crippen MR) is 94.4 cm³/mol. The molecule has 2 heterocycles. The summed E-state index contributed by atoms with van der Waals surface area (Å²) in [5.74, 6) is -1.03. The first-order chi connectivity index (χ1) is 11.5. The van der Waals surface area contributed by atoms with Crippen molar-refractivity contribution in [1.82, 2.24) is 15.1 Å². The molecule has 0 aliphatic rings. The minimum absolute atomic E-state index is 0.318. The summed E-state index contributed by atoms with van der Waals surface area (Å²) < 4.78 is 1.04. The van der Waals surface area contributed by atoms with Crippen molar-refractivity contribution in [2.45, 2.75) is 19.0 Å². The van der Waals surface area contributed by atoms with Gasteiger partial charge >= 0.3 is 5.97 Å². The van der Waals surface area contributed by atoms with Gasteiger partial charge in [-0.05, 0) is 35.9 Å². The number of nitrogens with one attached hydrogen (secondary N) is 1. The van der Waals surface area contributed by atoms with E-state index in [9.17, 15) is 14.4 Å². The maximum atomic E-state index is 12.1. The lowest BCUT2D eigenvalue weighted by Gasteiger charge is -2.14. The quantitative estimate of drug-likeness (QED) is 0.729. The van der Waals surface area contributed by atoms with Crippen molar-refractivity contribution in [3.8, 4) is 10.6 Å². The van der Waals surface area contributed by atoms with Crippen LogP contribution in [0.15, 0.2) is 34.4 Å². The molecule has 0 saturated carbocycles. The van der Waals surface area contributed by atoms with Crippen LogP contribution in [0.4, 0.5) is 0 Å². The topological polar surface area (TPSA) is 101 Å². The zero-order valence-corrected chi connectivity index (χ0v) is 14.6. The Hall–Kier alpha value is -2.13. The Morgan fingerprint density at radius 1 is 1.42 bits per heavy atom. The van der Waals surface area contributed by atoms with E-state index >= 15 is 0 Å². The number of thioether (sulfide) groups is 1. The molecule has 0 saturated heterocycles. The van der Waals surface area contributed by atoms with Gasteiger partial charge in [0, 0.05) is 6.07 Å². The molecule has 1 amide bonds. The summed E-state index contributed by atoms with van der Waals surface area (Å²) >= 11 is 2.97.